The van der Waals surface area contributed by atoms with E-state index in [4.69, 9.17) is 5.73 Å². The molecular formula is C14H13F2N3O2. The Morgan fingerprint density at radius 3 is 2.81 bits per heavy atom. The van der Waals surface area contributed by atoms with Crippen LogP contribution in [0, 0.1) is 0 Å². The molecule has 2 aromatic rings. The average Bonchev–Trinajstić information content (AvgIpc) is 2.46. The molecule has 0 radical (unpaired) electrons. The van der Waals surface area contributed by atoms with Crippen molar-refractivity contribution < 1.29 is 18.3 Å². The lowest BCUT2D eigenvalue weighted by Gasteiger charge is -2.19. The van der Waals surface area contributed by atoms with Gasteiger partial charge in [-0.25, -0.2) is 0 Å². The van der Waals surface area contributed by atoms with Crippen LogP contribution in [0.5, 0.6) is 5.75 Å². The van der Waals surface area contributed by atoms with Crippen molar-refractivity contribution in [1.29, 1.82) is 0 Å². The normalized spacial score (nSPS) is 10.5. The highest BCUT2D eigenvalue weighted by Crippen LogP contribution is 2.23. The van der Waals surface area contributed by atoms with Gasteiger partial charge in [0.25, 0.3) is 5.91 Å². The number of halogens is 2. The molecule has 110 valence electrons. The maximum absolute atomic E-state index is 12.3. The number of carbonyl (C=O) groups excluding carboxylic acids is 1. The highest BCUT2D eigenvalue weighted by atomic mass is 19.3. The van der Waals surface area contributed by atoms with Gasteiger partial charge >= 0.3 is 6.61 Å². The van der Waals surface area contributed by atoms with Gasteiger partial charge in [-0.15, -0.1) is 0 Å². The van der Waals surface area contributed by atoms with E-state index in [2.05, 4.69) is 9.72 Å². The fourth-order valence-corrected chi connectivity index (χ4v) is 1.81. The topological polar surface area (TPSA) is 68.5 Å². The molecule has 0 spiro atoms. The first-order chi connectivity index (χ1) is 9.99. The molecule has 0 atom stereocenters. The summed E-state index contributed by atoms with van der Waals surface area (Å²) in [6, 6.07) is 7.17. The van der Waals surface area contributed by atoms with E-state index >= 15 is 0 Å². The molecule has 0 unspecified atom stereocenters. The quantitative estimate of drug-likeness (QED) is 0.940. The van der Waals surface area contributed by atoms with E-state index in [0.717, 1.165) is 0 Å². The molecule has 5 nitrogen and oxygen atoms in total. The number of anilines is 2. The van der Waals surface area contributed by atoms with Crippen molar-refractivity contribution in [1.82, 2.24) is 4.98 Å². The van der Waals surface area contributed by atoms with Gasteiger partial charge in [-0.1, -0.05) is 6.07 Å². The second-order valence-corrected chi connectivity index (χ2v) is 4.20. The van der Waals surface area contributed by atoms with Crippen molar-refractivity contribution in [3.63, 3.8) is 0 Å². The maximum atomic E-state index is 12.3. The van der Waals surface area contributed by atoms with Crippen LogP contribution in [0.4, 0.5) is 20.2 Å². The molecule has 7 heteroatoms. The van der Waals surface area contributed by atoms with Crippen molar-refractivity contribution in [3.8, 4) is 5.75 Å². The highest BCUT2D eigenvalue weighted by Gasteiger charge is 2.16. The highest BCUT2D eigenvalue weighted by molar-refractivity contribution is 6.07. The van der Waals surface area contributed by atoms with Crippen LogP contribution >= 0.6 is 0 Å². The van der Waals surface area contributed by atoms with Gasteiger partial charge in [0.1, 0.15) is 5.75 Å². The summed E-state index contributed by atoms with van der Waals surface area (Å²) in [5.74, 6) is -0.473. The van der Waals surface area contributed by atoms with Gasteiger partial charge < -0.3 is 15.4 Å². The third kappa shape index (κ3) is 3.44. The molecule has 2 rings (SSSR count). The largest absolute Gasteiger partial charge is 0.435 e. The van der Waals surface area contributed by atoms with Gasteiger partial charge in [-0.2, -0.15) is 8.78 Å². The molecule has 0 saturated heterocycles. The fraction of sp³-hybridized carbons (Fsp3) is 0.143. The molecule has 2 N–H and O–H groups in total. The molecule has 1 amide bonds. The van der Waals surface area contributed by atoms with Crippen LogP contribution in [0.1, 0.15) is 10.4 Å². The van der Waals surface area contributed by atoms with E-state index in [0.29, 0.717) is 11.4 Å². The summed E-state index contributed by atoms with van der Waals surface area (Å²) in [7, 11) is 1.54. The number of pyridine rings is 1. The minimum absolute atomic E-state index is 0.0769. The summed E-state index contributed by atoms with van der Waals surface area (Å²) in [6.45, 7) is -2.94. The summed E-state index contributed by atoms with van der Waals surface area (Å²) in [4.78, 5) is 17.5. The lowest BCUT2D eigenvalue weighted by Crippen LogP contribution is -2.27. The van der Waals surface area contributed by atoms with Gasteiger partial charge in [0.15, 0.2) is 0 Å². The number of nitrogens with zero attached hydrogens (tertiary/aromatic N) is 2. The number of amides is 1. The first-order valence-corrected chi connectivity index (χ1v) is 6.01. The van der Waals surface area contributed by atoms with E-state index in [-0.39, 0.29) is 11.3 Å². The summed E-state index contributed by atoms with van der Waals surface area (Å²) in [6.07, 6.45) is 2.93. The Bertz CT molecular complexity index is 650. The zero-order valence-corrected chi connectivity index (χ0v) is 11.2. The van der Waals surface area contributed by atoms with Gasteiger partial charge in [-0.3, -0.25) is 9.78 Å². The number of carbonyl (C=O) groups is 1. The molecule has 0 bridgehead atoms. The fourth-order valence-electron chi connectivity index (χ4n) is 1.81. The van der Waals surface area contributed by atoms with E-state index in [1.165, 1.54) is 48.6 Å². The third-order valence-corrected chi connectivity index (χ3v) is 2.80. The summed E-state index contributed by atoms with van der Waals surface area (Å²) in [5, 5.41) is 0. The van der Waals surface area contributed by atoms with Gasteiger partial charge in [0.2, 0.25) is 0 Å². The Morgan fingerprint density at radius 1 is 1.38 bits per heavy atom. The molecule has 1 heterocycles. The van der Waals surface area contributed by atoms with Crippen LogP contribution in [0.15, 0.2) is 42.7 Å². The summed E-state index contributed by atoms with van der Waals surface area (Å²) < 4.78 is 28.7. The molecule has 0 aliphatic carbocycles. The van der Waals surface area contributed by atoms with Gasteiger partial charge in [0, 0.05) is 18.8 Å². The Morgan fingerprint density at radius 2 is 2.14 bits per heavy atom. The van der Waals surface area contributed by atoms with E-state index in [1.807, 2.05) is 0 Å². The minimum Gasteiger partial charge on any atom is -0.435 e. The van der Waals surface area contributed by atoms with Crippen LogP contribution in [0.25, 0.3) is 0 Å². The van der Waals surface area contributed by atoms with Crippen molar-refractivity contribution in [2.45, 2.75) is 6.61 Å². The number of alkyl halides is 2. The minimum atomic E-state index is -2.94. The van der Waals surface area contributed by atoms with Crippen molar-refractivity contribution in [2.24, 2.45) is 0 Å². The SMILES string of the molecule is CN(C(=O)c1cccc(OC(F)F)c1)c1ccncc1N. The molecule has 1 aromatic carbocycles. The first kappa shape index (κ1) is 14.7. The van der Waals surface area contributed by atoms with E-state index < -0.39 is 12.5 Å². The second kappa shape index (κ2) is 6.17. The maximum Gasteiger partial charge on any atom is 0.387 e. The first-order valence-electron chi connectivity index (χ1n) is 6.01. The van der Waals surface area contributed by atoms with Crippen LogP contribution in [0.3, 0.4) is 0 Å². The third-order valence-electron chi connectivity index (χ3n) is 2.80. The Balaban J connectivity index is 2.25. The monoisotopic (exact) mass is 293 g/mol. The number of hydrogen-bond donors (Lipinski definition) is 1. The van der Waals surface area contributed by atoms with E-state index in [9.17, 15) is 13.6 Å². The molecule has 0 saturated carbocycles. The van der Waals surface area contributed by atoms with E-state index in [1.54, 1.807) is 6.07 Å². The van der Waals surface area contributed by atoms with Crippen molar-refractivity contribution in [3.05, 3.63) is 48.3 Å². The number of aromatic nitrogens is 1. The Labute approximate surface area is 120 Å². The number of nitrogen functional groups attached to an aromatic ring is 1. The van der Waals surface area contributed by atoms with Crippen LogP contribution in [-0.2, 0) is 0 Å². The molecule has 21 heavy (non-hydrogen) atoms. The molecular weight excluding hydrogens is 280 g/mol. The smallest absolute Gasteiger partial charge is 0.387 e. The van der Waals surface area contributed by atoms with Gasteiger partial charge in [-0.05, 0) is 24.3 Å². The number of benzene rings is 1. The average molecular weight is 293 g/mol. The van der Waals surface area contributed by atoms with Crippen LogP contribution < -0.4 is 15.4 Å². The zero-order valence-electron chi connectivity index (χ0n) is 11.2. The van der Waals surface area contributed by atoms with Crippen LogP contribution in [-0.4, -0.2) is 24.6 Å². The number of ether oxygens (including phenoxy) is 1. The molecule has 0 fully saturated rings. The lowest BCUT2D eigenvalue weighted by atomic mass is 10.2. The number of rotatable bonds is 4. The number of nitrogens with two attached hydrogens (primary N) is 1. The van der Waals surface area contributed by atoms with Crippen LogP contribution in [0.2, 0.25) is 0 Å². The molecule has 1 aromatic heterocycles. The summed E-state index contributed by atoms with van der Waals surface area (Å²) >= 11 is 0. The predicted octanol–water partition coefficient (Wildman–Crippen LogP) is 2.54. The van der Waals surface area contributed by atoms with Crippen molar-refractivity contribution >= 4 is 17.3 Å². The lowest BCUT2D eigenvalue weighted by molar-refractivity contribution is -0.0498. The molecule has 0 aliphatic rings. The second-order valence-electron chi connectivity index (χ2n) is 4.20. The standard InChI is InChI=1S/C14H13F2N3O2/c1-19(12-5-6-18-8-11(12)17)13(20)9-3-2-4-10(7-9)21-14(15)16/h2-8,14H,17H2,1H3. The Hall–Kier alpha value is -2.70. The number of hydrogen-bond acceptors (Lipinski definition) is 4. The predicted molar refractivity (Wildman–Crippen MR) is 74.5 cm³/mol. The Kier molecular flexibility index (Phi) is 4.32. The van der Waals surface area contributed by atoms with Crippen molar-refractivity contribution in [2.75, 3.05) is 17.7 Å². The van der Waals surface area contributed by atoms with Gasteiger partial charge in [0.05, 0.1) is 17.6 Å². The zero-order chi connectivity index (χ0) is 15.4. The molecule has 0 aliphatic heterocycles. The summed E-state index contributed by atoms with van der Waals surface area (Å²) in [5.41, 5.74) is 6.79.